The maximum atomic E-state index is 5.61. The van der Waals surface area contributed by atoms with Crippen molar-refractivity contribution in [2.45, 2.75) is 26.0 Å². The summed E-state index contributed by atoms with van der Waals surface area (Å²) >= 11 is 3.52. The van der Waals surface area contributed by atoms with Crippen molar-refractivity contribution >= 4 is 15.9 Å². The van der Waals surface area contributed by atoms with E-state index in [4.69, 9.17) is 14.2 Å². The Bertz CT molecular complexity index is 449. The maximum absolute atomic E-state index is 5.61. The molecule has 0 fully saturated rings. The molecule has 0 unspecified atom stereocenters. The summed E-state index contributed by atoms with van der Waals surface area (Å²) < 4.78 is 17.5. The van der Waals surface area contributed by atoms with Crippen LogP contribution in [-0.4, -0.2) is 32.5 Å². The van der Waals surface area contributed by atoms with Crippen molar-refractivity contribution in [1.29, 1.82) is 0 Å². The third kappa shape index (κ3) is 3.84. The first-order chi connectivity index (χ1) is 9.02. The van der Waals surface area contributed by atoms with Crippen LogP contribution in [0.2, 0.25) is 0 Å². The van der Waals surface area contributed by atoms with Gasteiger partial charge in [-0.3, -0.25) is 0 Å². The second-order valence-corrected chi connectivity index (χ2v) is 6.02. The van der Waals surface area contributed by atoms with Gasteiger partial charge in [0.15, 0.2) is 11.5 Å². The number of hydrogen-bond donors (Lipinski definition) is 1. The largest absolute Gasteiger partial charge is 0.486 e. The van der Waals surface area contributed by atoms with Crippen LogP contribution in [0.15, 0.2) is 16.6 Å². The van der Waals surface area contributed by atoms with Gasteiger partial charge >= 0.3 is 0 Å². The molecular weight excluding hydrogens is 310 g/mol. The Morgan fingerprint density at radius 2 is 2.05 bits per heavy atom. The minimum absolute atomic E-state index is 0.162. The lowest BCUT2D eigenvalue weighted by atomic mass is 10.1. The molecule has 1 heterocycles. The first kappa shape index (κ1) is 14.6. The monoisotopic (exact) mass is 329 g/mol. The number of ether oxygens (including phenoxy) is 3. The molecule has 4 nitrogen and oxygen atoms in total. The lowest BCUT2D eigenvalue weighted by Crippen LogP contribution is -2.36. The first-order valence-electron chi connectivity index (χ1n) is 6.36. The average Bonchev–Trinajstić information content (AvgIpc) is 2.39. The summed E-state index contributed by atoms with van der Waals surface area (Å²) in [6.45, 7) is 6.87. The number of nitrogens with one attached hydrogen (secondary N) is 1. The smallest absolute Gasteiger partial charge is 0.175 e. The van der Waals surface area contributed by atoms with Crippen LogP contribution in [0.25, 0.3) is 0 Å². The molecule has 1 aliphatic heterocycles. The second-order valence-electron chi connectivity index (χ2n) is 5.17. The highest BCUT2D eigenvalue weighted by Crippen LogP contribution is 2.38. The highest BCUT2D eigenvalue weighted by molar-refractivity contribution is 9.10. The third-order valence-electron chi connectivity index (χ3n) is 3.09. The van der Waals surface area contributed by atoms with Gasteiger partial charge in [0.2, 0.25) is 0 Å². The van der Waals surface area contributed by atoms with Crippen LogP contribution >= 0.6 is 15.9 Å². The lowest BCUT2D eigenvalue weighted by molar-refractivity contribution is 0.0230. The highest BCUT2D eigenvalue weighted by Gasteiger charge is 2.18. The van der Waals surface area contributed by atoms with Crippen molar-refractivity contribution in [3.8, 4) is 11.5 Å². The number of methoxy groups -OCH3 is 1. The topological polar surface area (TPSA) is 39.7 Å². The van der Waals surface area contributed by atoms with Crippen LogP contribution in [0, 0.1) is 0 Å². The fourth-order valence-corrected chi connectivity index (χ4v) is 2.45. The molecule has 0 saturated heterocycles. The Kier molecular flexibility index (Phi) is 4.71. The predicted octanol–water partition coefficient (Wildman–Crippen LogP) is 2.73. The number of rotatable bonds is 5. The van der Waals surface area contributed by atoms with Crippen molar-refractivity contribution in [3.63, 3.8) is 0 Å². The number of halogens is 1. The van der Waals surface area contributed by atoms with E-state index in [9.17, 15) is 0 Å². The Morgan fingerprint density at radius 3 is 2.79 bits per heavy atom. The molecule has 0 aromatic heterocycles. The third-order valence-corrected chi connectivity index (χ3v) is 3.68. The zero-order valence-corrected chi connectivity index (χ0v) is 13.2. The summed E-state index contributed by atoms with van der Waals surface area (Å²) in [6.07, 6.45) is 0. The quantitative estimate of drug-likeness (QED) is 0.901. The van der Waals surface area contributed by atoms with E-state index in [2.05, 4.69) is 41.2 Å². The summed E-state index contributed by atoms with van der Waals surface area (Å²) in [4.78, 5) is 0. The molecular formula is C14H20BrNO3. The minimum atomic E-state index is -0.162. The van der Waals surface area contributed by atoms with Crippen LogP contribution in [0.5, 0.6) is 11.5 Å². The second kappa shape index (κ2) is 6.11. The summed E-state index contributed by atoms with van der Waals surface area (Å²) in [6, 6.07) is 4.08. The fourth-order valence-electron chi connectivity index (χ4n) is 1.85. The lowest BCUT2D eigenvalue weighted by Gasteiger charge is -2.24. The molecule has 19 heavy (non-hydrogen) atoms. The van der Waals surface area contributed by atoms with Crippen molar-refractivity contribution in [2.75, 3.05) is 26.9 Å². The molecule has 1 aromatic rings. The van der Waals surface area contributed by atoms with Crippen LogP contribution in [0.1, 0.15) is 19.4 Å². The molecule has 0 radical (unpaired) electrons. The standard InChI is InChI=1S/C14H20BrNO3/c1-14(2,17-3)9-16-8-10-6-11(15)13-12(7-10)18-4-5-19-13/h6-7,16H,4-5,8-9H2,1-3H3. The zero-order valence-electron chi connectivity index (χ0n) is 11.6. The van der Waals surface area contributed by atoms with Gasteiger partial charge in [-0.2, -0.15) is 0 Å². The minimum Gasteiger partial charge on any atom is -0.486 e. The van der Waals surface area contributed by atoms with E-state index in [0.29, 0.717) is 13.2 Å². The molecule has 5 heteroatoms. The molecule has 0 saturated carbocycles. The van der Waals surface area contributed by atoms with Gasteiger partial charge in [0.1, 0.15) is 13.2 Å². The summed E-state index contributed by atoms with van der Waals surface area (Å²) in [5.74, 6) is 1.61. The summed E-state index contributed by atoms with van der Waals surface area (Å²) in [7, 11) is 1.72. The SMILES string of the molecule is COC(C)(C)CNCc1cc(Br)c2c(c1)OCCO2. The molecule has 2 rings (SSSR count). The normalized spacial score (nSPS) is 14.5. The van der Waals surface area contributed by atoms with Crippen molar-refractivity contribution in [3.05, 3.63) is 22.2 Å². The van der Waals surface area contributed by atoms with Crippen molar-refractivity contribution in [1.82, 2.24) is 5.32 Å². The fraction of sp³-hybridized carbons (Fsp3) is 0.571. The molecule has 1 N–H and O–H groups in total. The van der Waals surface area contributed by atoms with E-state index in [1.165, 1.54) is 0 Å². The van der Waals surface area contributed by atoms with E-state index in [-0.39, 0.29) is 5.60 Å². The number of fused-ring (bicyclic) bond motifs is 1. The van der Waals surface area contributed by atoms with Gasteiger partial charge in [-0.15, -0.1) is 0 Å². The highest BCUT2D eigenvalue weighted by atomic mass is 79.9. The van der Waals surface area contributed by atoms with E-state index in [1.54, 1.807) is 7.11 Å². The van der Waals surface area contributed by atoms with Gasteiger partial charge in [0, 0.05) is 20.2 Å². The number of hydrogen-bond acceptors (Lipinski definition) is 4. The zero-order chi connectivity index (χ0) is 13.9. The molecule has 0 spiro atoms. The van der Waals surface area contributed by atoms with Crippen molar-refractivity contribution < 1.29 is 14.2 Å². The van der Waals surface area contributed by atoms with E-state index in [1.807, 2.05) is 6.07 Å². The Morgan fingerprint density at radius 1 is 1.32 bits per heavy atom. The average molecular weight is 330 g/mol. The molecule has 0 bridgehead atoms. The van der Waals surface area contributed by atoms with Gasteiger partial charge in [0.05, 0.1) is 10.1 Å². The van der Waals surface area contributed by atoms with Gasteiger partial charge in [-0.05, 0) is 47.5 Å². The Hall–Kier alpha value is -0.780. The summed E-state index contributed by atoms with van der Waals surface area (Å²) in [5, 5.41) is 3.38. The molecule has 1 aliphatic rings. The molecule has 106 valence electrons. The van der Waals surface area contributed by atoms with E-state index >= 15 is 0 Å². The Balaban J connectivity index is 2.00. The van der Waals surface area contributed by atoms with Crippen molar-refractivity contribution in [2.24, 2.45) is 0 Å². The van der Waals surface area contributed by atoms with Crippen LogP contribution in [-0.2, 0) is 11.3 Å². The maximum Gasteiger partial charge on any atom is 0.175 e. The predicted molar refractivity (Wildman–Crippen MR) is 77.9 cm³/mol. The van der Waals surface area contributed by atoms with Gasteiger partial charge in [0.25, 0.3) is 0 Å². The molecule has 1 aromatic carbocycles. The summed E-state index contributed by atoms with van der Waals surface area (Å²) in [5.41, 5.74) is 0.994. The number of benzene rings is 1. The van der Waals surface area contributed by atoms with Crippen LogP contribution in [0.4, 0.5) is 0 Å². The van der Waals surface area contributed by atoms with E-state index in [0.717, 1.165) is 34.6 Å². The van der Waals surface area contributed by atoms with Gasteiger partial charge in [-0.25, -0.2) is 0 Å². The van der Waals surface area contributed by atoms with Crippen LogP contribution < -0.4 is 14.8 Å². The Labute approximate surface area is 122 Å². The van der Waals surface area contributed by atoms with Crippen LogP contribution in [0.3, 0.4) is 0 Å². The molecule has 0 atom stereocenters. The van der Waals surface area contributed by atoms with Gasteiger partial charge < -0.3 is 19.5 Å². The first-order valence-corrected chi connectivity index (χ1v) is 7.15. The molecule has 0 aliphatic carbocycles. The van der Waals surface area contributed by atoms with E-state index < -0.39 is 0 Å². The van der Waals surface area contributed by atoms with Gasteiger partial charge in [-0.1, -0.05) is 0 Å². The molecule has 0 amide bonds.